The number of nitrogens with one attached hydrogen (secondary N) is 1. The molecule has 0 saturated carbocycles. The molecule has 1 fully saturated rings. The minimum atomic E-state index is 0.185. The Morgan fingerprint density at radius 1 is 1.22 bits per heavy atom. The Bertz CT molecular complexity index is 944. The topological polar surface area (TPSA) is 97.8 Å². The first-order valence-corrected chi connectivity index (χ1v) is 9.30. The molecule has 4 rings (SSSR count). The van der Waals surface area contributed by atoms with Crippen molar-refractivity contribution >= 4 is 35.0 Å². The molecular weight excluding hydrogens is 387 g/mol. The summed E-state index contributed by atoms with van der Waals surface area (Å²) >= 11 is 12.4. The van der Waals surface area contributed by atoms with Gasteiger partial charge in [-0.25, -0.2) is 4.98 Å². The minimum absolute atomic E-state index is 0.185. The number of nitrogens with two attached hydrogens (primary N) is 1. The highest BCUT2D eigenvalue weighted by Gasteiger charge is 2.22. The predicted molar refractivity (Wildman–Crippen MR) is 106 cm³/mol. The number of anilines is 2. The molecule has 1 atom stereocenters. The van der Waals surface area contributed by atoms with Gasteiger partial charge in [-0.15, -0.1) is 0 Å². The number of hydrogen-bond acceptors (Lipinski definition) is 7. The summed E-state index contributed by atoms with van der Waals surface area (Å²) in [6.07, 6.45) is 2.76. The molecule has 0 amide bonds. The summed E-state index contributed by atoms with van der Waals surface area (Å²) in [5.74, 6) is 1.39. The van der Waals surface area contributed by atoms with Crippen molar-refractivity contribution in [2.45, 2.75) is 19.0 Å². The third-order valence-electron chi connectivity index (χ3n) is 4.46. The Hall–Kier alpha value is -2.42. The lowest BCUT2D eigenvalue weighted by Crippen LogP contribution is -2.28. The van der Waals surface area contributed by atoms with Gasteiger partial charge in [0.1, 0.15) is 5.82 Å². The summed E-state index contributed by atoms with van der Waals surface area (Å²) in [5, 5.41) is 15.9. The molecule has 3 heterocycles. The third kappa shape index (κ3) is 3.69. The first-order valence-electron chi connectivity index (χ1n) is 8.54. The molecule has 27 heavy (non-hydrogen) atoms. The van der Waals surface area contributed by atoms with E-state index in [0.717, 1.165) is 30.9 Å². The van der Waals surface area contributed by atoms with Crippen LogP contribution < -0.4 is 16.0 Å². The van der Waals surface area contributed by atoms with Gasteiger partial charge >= 0.3 is 0 Å². The quantitative estimate of drug-likeness (QED) is 0.673. The Kier molecular flexibility index (Phi) is 5.11. The summed E-state index contributed by atoms with van der Waals surface area (Å²) in [7, 11) is 0. The summed E-state index contributed by atoms with van der Waals surface area (Å²) in [5.41, 5.74) is 7.68. The molecule has 1 aliphatic rings. The van der Waals surface area contributed by atoms with Crippen molar-refractivity contribution in [2.24, 2.45) is 5.73 Å². The van der Waals surface area contributed by atoms with E-state index in [1.807, 2.05) is 12.1 Å². The maximum absolute atomic E-state index is 6.29. The van der Waals surface area contributed by atoms with Gasteiger partial charge in [0.15, 0.2) is 0 Å². The van der Waals surface area contributed by atoms with Crippen LogP contribution in [0.3, 0.4) is 0 Å². The molecule has 10 heteroatoms. The number of hydrogen-bond donors (Lipinski definition) is 2. The average Bonchev–Trinajstić information content (AvgIpc) is 3.31. The van der Waals surface area contributed by atoms with E-state index >= 15 is 0 Å². The normalized spacial score (nSPS) is 16.7. The predicted octanol–water partition coefficient (Wildman–Crippen LogP) is 2.51. The molecule has 140 valence electrons. The highest BCUT2D eigenvalue weighted by Crippen LogP contribution is 2.29. The molecule has 0 radical (unpaired) electrons. The standard InChI is InChI=1S/C17H18Cl2N8/c18-13-4-1-5-14(15(13)19)27-17(23-24-25-27)22-9-11-3-2-7-21-16(11)26-8-6-12(20)10-26/h1-5,7,12H,6,8-10,20H2,(H,22,23,25). The van der Waals surface area contributed by atoms with Crippen LogP contribution in [0.25, 0.3) is 5.69 Å². The van der Waals surface area contributed by atoms with Crippen molar-refractivity contribution in [1.29, 1.82) is 0 Å². The van der Waals surface area contributed by atoms with Crippen molar-refractivity contribution < 1.29 is 0 Å². The average molecular weight is 405 g/mol. The molecule has 3 aromatic rings. The van der Waals surface area contributed by atoms with E-state index in [9.17, 15) is 0 Å². The Balaban J connectivity index is 1.56. The van der Waals surface area contributed by atoms with Crippen LogP contribution >= 0.6 is 23.2 Å². The molecule has 3 N–H and O–H groups in total. The van der Waals surface area contributed by atoms with E-state index in [4.69, 9.17) is 28.9 Å². The van der Waals surface area contributed by atoms with Crippen LogP contribution in [0.2, 0.25) is 10.0 Å². The number of halogens is 2. The van der Waals surface area contributed by atoms with Crippen LogP contribution in [-0.4, -0.2) is 44.3 Å². The number of nitrogens with zero attached hydrogens (tertiary/aromatic N) is 6. The van der Waals surface area contributed by atoms with Gasteiger partial charge in [-0.05, 0) is 35.0 Å². The molecular formula is C17H18Cl2N8. The van der Waals surface area contributed by atoms with Gasteiger partial charge in [-0.2, -0.15) is 4.68 Å². The van der Waals surface area contributed by atoms with Crippen LogP contribution in [0.15, 0.2) is 36.5 Å². The number of benzene rings is 1. The van der Waals surface area contributed by atoms with E-state index in [1.54, 1.807) is 24.4 Å². The van der Waals surface area contributed by atoms with Crippen LogP contribution in [0.4, 0.5) is 11.8 Å². The maximum atomic E-state index is 6.29. The lowest BCUT2D eigenvalue weighted by molar-refractivity contribution is 0.751. The molecule has 1 aliphatic heterocycles. The zero-order valence-electron chi connectivity index (χ0n) is 14.4. The van der Waals surface area contributed by atoms with Crippen LogP contribution in [-0.2, 0) is 6.54 Å². The Morgan fingerprint density at radius 3 is 2.93 bits per heavy atom. The molecule has 2 aromatic heterocycles. The molecule has 1 saturated heterocycles. The summed E-state index contributed by atoms with van der Waals surface area (Å²) in [6, 6.07) is 9.44. The van der Waals surface area contributed by atoms with Gasteiger partial charge in [0.05, 0.1) is 15.7 Å². The van der Waals surface area contributed by atoms with Crippen molar-refractivity contribution in [3.05, 3.63) is 52.1 Å². The summed E-state index contributed by atoms with van der Waals surface area (Å²) in [4.78, 5) is 6.74. The smallest absolute Gasteiger partial charge is 0.248 e. The number of rotatable bonds is 5. The zero-order chi connectivity index (χ0) is 18.8. The highest BCUT2D eigenvalue weighted by molar-refractivity contribution is 6.43. The SMILES string of the molecule is NC1CCN(c2ncccc2CNc2nnnn2-c2cccc(Cl)c2Cl)C1. The van der Waals surface area contributed by atoms with Crippen molar-refractivity contribution in [3.63, 3.8) is 0 Å². The van der Waals surface area contributed by atoms with Crippen LogP contribution in [0, 0.1) is 0 Å². The molecule has 0 bridgehead atoms. The van der Waals surface area contributed by atoms with Gasteiger partial charge < -0.3 is 16.0 Å². The summed E-state index contributed by atoms with van der Waals surface area (Å²) < 4.78 is 1.52. The number of aromatic nitrogens is 5. The van der Waals surface area contributed by atoms with Crippen molar-refractivity contribution in [2.75, 3.05) is 23.3 Å². The van der Waals surface area contributed by atoms with E-state index in [0.29, 0.717) is 28.2 Å². The molecule has 1 aromatic carbocycles. The number of pyridine rings is 1. The first-order chi connectivity index (χ1) is 13.1. The lowest BCUT2D eigenvalue weighted by Gasteiger charge is -2.20. The molecule has 0 spiro atoms. The largest absolute Gasteiger partial charge is 0.355 e. The molecule has 1 unspecified atom stereocenters. The first kappa shape index (κ1) is 18.0. The second-order valence-corrected chi connectivity index (χ2v) is 7.11. The molecule has 0 aliphatic carbocycles. The van der Waals surface area contributed by atoms with Gasteiger partial charge in [0, 0.05) is 37.4 Å². The van der Waals surface area contributed by atoms with Gasteiger partial charge in [0.25, 0.3) is 0 Å². The maximum Gasteiger partial charge on any atom is 0.248 e. The van der Waals surface area contributed by atoms with Crippen LogP contribution in [0.1, 0.15) is 12.0 Å². The lowest BCUT2D eigenvalue weighted by atomic mass is 10.2. The Morgan fingerprint density at radius 2 is 2.11 bits per heavy atom. The summed E-state index contributed by atoms with van der Waals surface area (Å²) in [6.45, 7) is 2.22. The fraction of sp³-hybridized carbons (Fsp3) is 0.294. The second kappa shape index (κ2) is 7.67. The minimum Gasteiger partial charge on any atom is -0.355 e. The van der Waals surface area contributed by atoms with E-state index < -0.39 is 0 Å². The van der Waals surface area contributed by atoms with E-state index in [-0.39, 0.29) is 6.04 Å². The van der Waals surface area contributed by atoms with E-state index in [2.05, 4.69) is 30.7 Å². The molecule has 8 nitrogen and oxygen atoms in total. The zero-order valence-corrected chi connectivity index (χ0v) is 15.9. The fourth-order valence-electron chi connectivity index (χ4n) is 3.12. The fourth-order valence-corrected chi connectivity index (χ4v) is 3.50. The Labute approximate surface area is 166 Å². The van der Waals surface area contributed by atoms with E-state index in [1.165, 1.54) is 4.68 Å². The monoisotopic (exact) mass is 404 g/mol. The van der Waals surface area contributed by atoms with Gasteiger partial charge in [-0.1, -0.05) is 40.4 Å². The second-order valence-electron chi connectivity index (χ2n) is 6.32. The van der Waals surface area contributed by atoms with Gasteiger partial charge in [-0.3, -0.25) is 0 Å². The number of tetrazole rings is 1. The van der Waals surface area contributed by atoms with Crippen molar-refractivity contribution in [1.82, 2.24) is 25.2 Å². The highest BCUT2D eigenvalue weighted by atomic mass is 35.5. The van der Waals surface area contributed by atoms with Gasteiger partial charge in [0.2, 0.25) is 5.95 Å². The van der Waals surface area contributed by atoms with Crippen molar-refractivity contribution in [3.8, 4) is 5.69 Å². The third-order valence-corrected chi connectivity index (χ3v) is 5.27. The van der Waals surface area contributed by atoms with Crippen LogP contribution in [0.5, 0.6) is 0 Å².